The van der Waals surface area contributed by atoms with Crippen LogP contribution in [0.25, 0.3) is 10.9 Å². The predicted octanol–water partition coefficient (Wildman–Crippen LogP) is 4.47. The fourth-order valence-electron chi connectivity index (χ4n) is 5.08. The number of rotatable bonds is 6. The van der Waals surface area contributed by atoms with E-state index < -0.39 is 0 Å². The summed E-state index contributed by atoms with van der Waals surface area (Å²) in [5, 5.41) is 1.08. The summed E-state index contributed by atoms with van der Waals surface area (Å²) in [4.78, 5) is 17.1. The lowest BCUT2D eigenvalue weighted by molar-refractivity contribution is 0.130. The molecule has 2 aromatic carbocycles. The summed E-state index contributed by atoms with van der Waals surface area (Å²) in [7, 11) is 0. The van der Waals surface area contributed by atoms with Gasteiger partial charge in [-0.15, -0.1) is 0 Å². The SMILES string of the molecule is Brc1ccc2nc(N3CCN(C[C@@H]4CCCN(CCc5ccccc5)C4)CC3)ncc2c1. The Labute approximate surface area is 199 Å². The molecule has 0 amide bonds. The Morgan fingerprint density at radius 1 is 0.938 bits per heavy atom. The van der Waals surface area contributed by atoms with E-state index in [0.717, 1.165) is 59.8 Å². The number of anilines is 1. The van der Waals surface area contributed by atoms with Gasteiger partial charge in [-0.1, -0.05) is 46.3 Å². The molecule has 1 aromatic heterocycles. The van der Waals surface area contributed by atoms with E-state index in [2.05, 4.69) is 78.1 Å². The van der Waals surface area contributed by atoms with Crippen LogP contribution in [0.15, 0.2) is 59.2 Å². The van der Waals surface area contributed by atoms with E-state index in [1.807, 2.05) is 12.3 Å². The van der Waals surface area contributed by atoms with E-state index in [1.54, 1.807) is 0 Å². The molecule has 2 fully saturated rings. The number of piperazine rings is 1. The molecule has 0 spiro atoms. The third-order valence-electron chi connectivity index (χ3n) is 6.86. The van der Waals surface area contributed by atoms with Gasteiger partial charge in [-0.3, -0.25) is 4.90 Å². The molecule has 2 saturated heterocycles. The number of benzene rings is 2. The Balaban J connectivity index is 1.10. The molecule has 32 heavy (non-hydrogen) atoms. The van der Waals surface area contributed by atoms with Gasteiger partial charge >= 0.3 is 0 Å². The molecule has 3 heterocycles. The first kappa shape index (κ1) is 21.8. The van der Waals surface area contributed by atoms with Crippen LogP contribution in [-0.4, -0.2) is 72.1 Å². The molecule has 2 aliphatic heterocycles. The zero-order valence-electron chi connectivity index (χ0n) is 18.7. The Morgan fingerprint density at radius 2 is 1.78 bits per heavy atom. The number of nitrogens with zero attached hydrogens (tertiary/aromatic N) is 5. The summed E-state index contributed by atoms with van der Waals surface area (Å²) in [5.74, 6) is 1.66. The molecule has 3 aromatic rings. The first-order valence-corrected chi connectivity index (χ1v) is 12.7. The summed E-state index contributed by atoms with van der Waals surface area (Å²) in [6.45, 7) is 9.12. The molecular formula is C26H32BrN5. The van der Waals surface area contributed by atoms with Gasteiger partial charge in [0.15, 0.2) is 0 Å². The van der Waals surface area contributed by atoms with Crippen molar-refractivity contribution in [1.82, 2.24) is 19.8 Å². The number of halogens is 1. The molecule has 1 atom stereocenters. The zero-order chi connectivity index (χ0) is 21.8. The molecule has 0 radical (unpaired) electrons. The molecule has 2 aliphatic rings. The van der Waals surface area contributed by atoms with Gasteiger partial charge in [-0.2, -0.15) is 0 Å². The van der Waals surface area contributed by atoms with E-state index in [4.69, 9.17) is 4.98 Å². The molecule has 0 saturated carbocycles. The smallest absolute Gasteiger partial charge is 0.225 e. The number of hydrogen-bond donors (Lipinski definition) is 0. The summed E-state index contributed by atoms with van der Waals surface area (Å²) in [6.07, 6.45) is 5.81. The monoisotopic (exact) mass is 493 g/mol. The lowest BCUT2D eigenvalue weighted by Gasteiger charge is -2.39. The van der Waals surface area contributed by atoms with Crippen molar-refractivity contribution in [3.8, 4) is 0 Å². The third kappa shape index (κ3) is 5.48. The Bertz CT molecular complexity index is 1020. The van der Waals surface area contributed by atoms with Gasteiger partial charge in [0.25, 0.3) is 0 Å². The van der Waals surface area contributed by atoms with Gasteiger partial charge in [-0.05, 0) is 55.5 Å². The fraction of sp³-hybridized carbons (Fsp3) is 0.462. The highest BCUT2D eigenvalue weighted by atomic mass is 79.9. The highest BCUT2D eigenvalue weighted by molar-refractivity contribution is 9.10. The van der Waals surface area contributed by atoms with Crippen molar-refractivity contribution in [2.24, 2.45) is 5.92 Å². The van der Waals surface area contributed by atoms with Crippen molar-refractivity contribution in [3.63, 3.8) is 0 Å². The highest BCUT2D eigenvalue weighted by Crippen LogP contribution is 2.22. The average Bonchev–Trinajstić information content (AvgIpc) is 2.84. The molecule has 5 nitrogen and oxygen atoms in total. The van der Waals surface area contributed by atoms with E-state index >= 15 is 0 Å². The first-order valence-electron chi connectivity index (χ1n) is 11.9. The largest absolute Gasteiger partial charge is 0.338 e. The van der Waals surface area contributed by atoms with Crippen LogP contribution in [0.1, 0.15) is 18.4 Å². The first-order chi connectivity index (χ1) is 15.7. The van der Waals surface area contributed by atoms with E-state index in [0.29, 0.717) is 0 Å². The zero-order valence-corrected chi connectivity index (χ0v) is 20.3. The van der Waals surface area contributed by atoms with Crippen LogP contribution < -0.4 is 4.90 Å². The quantitative estimate of drug-likeness (QED) is 0.506. The van der Waals surface area contributed by atoms with Crippen molar-refractivity contribution in [2.45, 2.75) is 19.3 Å². The minimum atomic E-state index is 0.793. The molecule has 0 N–H and O–H groups in total. The second-order valence-corrected chi connectivity index (χ2v) is 10.1. The maximum absolute atomic E-state index is 4.80. The number of piperidine rings is 1. The summed E-state index contributed by atoms with van der Waals surface area (Å²) in [5.41, 5.74) is 2.47. The number of aromatic nitrogens is 2. The molecule has 0 unspecified atom stereocenters. The van der Waals surface area contributed by atoms with Crippen molar-refractivity contribution < 1.29 is 0 Å². The van der Waals surface area contributed by atoms with Crippen LogP contribution in [0.2, 0.25) is 0 Å². The van der Waals surface area contributed by atoms with E-state index in [9.17, 15) is 0 Å². The fourth-order valence-corrected chi connectivity index (χ4v) is 5.46. The van der Waals surface area contributed by atoms with Crippen LogP contribution >= 0.6 is 15.9 Å². The second kappa shape index (κ2) is 10.3. The molecule has 168 valence electrons. The Morgan fingerprint density at radius 3 is 2.62 bits per heavy atom. The van der Waals surface area contributed by atoms with Crippen LogP contribution in [0.3, 0.4) is 0 Å². The summed E-state index contributed by atoms with van der Waals surface area (Å²) >= 11 is 3.52. The predicted molar refractivity (Wildman–Crippen MR) is 135 cm³/mol. The lowest BCUT2D eigenvalue weighted by Crippen LogP contribution is -2.50. The Hall–Kier alpha value is -2.02. The van der Waals surface area contributed by atoms with Gasteiger partial charge in [0, 0.05) is 61.9 Å². The second-order valence-electron chi connectivity index (χ2n) is 9.21. The number of hydrogen-bond acceptors (Lipinski definition) is 5. The van der Waals surface area contributed by atoms with Crippen LogP contribution in [-0.2, 0) is 6.42 Å². The minimum Gasteiger partial charge on any atom is -0.338 e. The van der Waals surface area contributed by atoms with Crippen LogP contribution in [0, 0.1) is 5.92 Å². The van der Waals surface area contributed by atoms with Crippen molar-refractivity contribution >= 4 is 32.8 Å². The van der Waals surface area contributed by atoms with Crippen molar-refractivity contribution in [1.29, 1.82) is 0 Å². The molecule has 0 aliphatic carbocycles. The van der Waals surface area contributed by atoms with Gasteiger partial charge in [0.2, 0.25) is 5.95 Å². The molecule has 6 heteroatoms. The molecule has 5 rings (SSSR count). The van der Waals surface area contributed by atoms with Crippen LogP contribution in [0.5, 0.6) is 0 Å². The van der Waals surface area contributed by atoms with Crippen LogP contribution in [0.4, 0.5) is 5.95 Å². The van der Waals surface area contributed by atoms with Gasteiger partial charge < -0.3 is 9.80 Å². The van der Waals surface area contributed by atoms with Crippen molar-refractivity contribution in [3.05, 3.63) is 64.8 Å². The maximum Gasteiger partial charge on any atom is 0.225 e. The Kier molecular flexibility index (Phi) is 7.00. The van der Waals surface area contributed by atoms with Gasteiger partial charge in [-0.25, -0.2) is 9.97 Å². The van der Waals surface area contributed by atoms with E-state index in [1.165, 1.54) is 44.6 Å². The minimum absolute atomic E-state index is 0.793. The van der Waals surface area contributed by atoms with Gasteiger partial charge in [0.05, 0.1) is 5.52 Å². The normalized spacial score (nSPS) is 20.7. The molecular weight excluding hydrogens is 462 g/mol. The number of fused-ring (bicyclic) bond motifs is 1. The van der Waals surface area contributed by atoms with Gasteiger partial charge in [0.1, 0.15) is 0 Å². The average molecular weight is 494 g/mol. The summed E-state index contributed by atoms with van der Waals surface area (Å²) in [6, 6.07) is 17.1. The van der Waals surface area contributed by atoms with Crippen molar-refractivity contribution in [2.75, 3.05) is 57.3 Å². The summed E-state index contributed by atoms with van der Waals surface area (Å²) < 4.78 is 1.07. The lowest BCUT2D eigenvalue weighted by atomic mass is 9.96. The maximum atomic E-state index is 4.80. The third-order valence-corrected chi connectivity index (χ3v) is 7.36. The number of likely N-dealkylation sites (tertiary alicyclic amines) is 1. The topological polar surface area (TPSA) is 35.5 Å². The highest BCUT2D eigenvalue weighted by Gasteiger charge is 2.25. The van der Waals surface area contributed by atoms with E-state index in [-0.39, 0.29) is 0 Å². The molecule has 0 bridgehead atoms. The standard InChI is InChI=1S/C26H32BrN5/c27-24-8-9-25-23(17-24)18-28-26(29-25)32-15-13-31(14-16-32)20-22-7-4-11-30(19-22)12-10-21-5-2-1-3-6-21/h1-3,5-6,8-9,17-18,22H,4,7,10-16,19-20H2/t22-/m1/s1.